The van der Waals surface area contributed by atoms with Crippen molar-refractivity contribution in [2.45, 2.75) is 0 Å². The molecule has 35 heavy (non-hydrogen) atoms. The molecule has 0 bridgehead atoms. The first-order valence-electron chi connectivity index (χ1n) is 10.1. The maximum Gasteiger partial charge on any atom is 0.329 e. The summed E-state index contributed by atoms with van der Waals surface area (Å²) in [5.41, 5.74) is 3.30. The molecule has 9 nitrogen and oxygen atoms in total. The molecule has 0 saturated carbocycles. The minimum absolute atomic E-state index is 0.120. The standard InChI is InChI=1S/C24H20ClFN4O5/c1-34-18-9-6-16(7-10-18)29-23(32)24(33)30-27-13-15-4-2-3-5-21(15)35-14-22(31)28-17-8-11-20(26)19(25)12-17/h2-13H,14H2,1H3,(H,28,31)(H,29,32)(H,30,33)/b27-13-. The van der Waals surface area contributed by atoms with Crippen LogP contribution >= 0.6 is 11.6 Å². The Hall–Kier alpha value is -4.44. The number of benzene rings is 3. The third-order valence-electron chi connectivity index (χ3n) is 4.40. The first-order valence-corrected chi connectivity index (χ1v) is 10.5. The molecule has 0 aliphatic heterocycles. The normalized spacial score (nSPS) is 10.5. The average molecular weight is 499 g/mol. The van der Waals surface area contributed by atoms with Crippen LogP contribution in [0.5, 0.6) is 11.5 Å². The van der Waals surface area contributed by atoms with Crippen molar-refractivity contribution in [2.75, 3.05) is 24.4 Å². The summed E-state index contributed by atoms with van der Waals surface area (Å²) in [6, 6.07) is 16.9. The minimum atomic E-state index is -0.979. The zero-order valence-electron chi connectivity index (χ0n) is 18.4. The lowest BCUT2D eigenvalue weighted by Crippen LogP contribution is -2.32. The van der Waals surface area contributed by atoms with Crippen LogP contribution in [0.2, 0.25) is 5.02 Å². The van der Waals surface area contributed by atoms with E-state index in [9.17, 15) is 18.8 Å². The Kier molecular flexibility index (Phi) is 8.74. The van der Waals surface area contributed by atoms with Crippen LogP contribution in [0, 0.1) is 5.82 Å². The van der Waals surface area contributed by atoms with Gasteiger partial charge in [0.1, 0.15) is 17.3 Å². The second-order valence-corrected chi connectivity index (χ2v) is 7.29. The molecule has 3 N–H and O–H groups in total. The van der Waals surface area contributed by atoms with Crippen LogP contribution in [-0.4, -0.2) is 37.7 Å². The largest absolute Gasteiger partial charge is 0.497 e. The third kappa shape index (κ3) is 7.54. The number of carbonyl (C=O) groups is 3. The second kappa shape index (κ2) is 12.1. The van der Waals surface area contributed by atoms with Gasteiger partial charge in [-0.3, -0.25) is 14.4 Å². The predicted molar refractivity (Wildman–Crippen MR) is 129 cm³/mol. The van der Waals surface area contributed by atoms with Gasteiger partial charge in [-0.2, -0.15) is 5.10 Å². The highest BCUT2D eigenvalue weighted by Crippen LogP contribution is 2.20. The lowest BCUT2D eigenvalue weighted by atomic mass is 10.2. The van der Waals surface area contributed by atoms with Gasteiger partial charge in [0.25, 0.3) is 5.91 Å². The summed E-state index contributed by atoms with van der Waals surface area (Å²) in [6.45, 7) is -0.351. The topological polar surface area (TPSA) is 118 Å². The number of nitrogens with one attached hydrogen (secondary N) is 3. The number of carbonyl (C=O) groups excluding carboxylic acids is 3. The molecule has 180 valence electrons. The van der Waals surface area contributed by atoms with Crippen LogP contribution in [0.25, 0.3) is 0 Å². The molecule has 11 heteroatoms. The fourth-order valence-corrected chi connectivity index (χ4v) is 2.89. The number of hydrogen-bond donors (Lipinski definition) is 3. The van der Waals surface area contributed by atoms with Gasteiger partial charge in [0.05, 0.1) is 18.3 Å². The van der Waals surface area contributed by atoms with E-state index < -0.39 is 23.5 Å². The number of ether oxygens (including phenoxy) is 2. The Bertz CT molecular complexity index is 1250. The van der Waals surface area contributed by atoms with Crippen LogP contribution in [0.15, 0.2) is 71.8 Å². The fraction of sp³-hybridized carbons (Fsp3) is 0.0833. The lowest BCUT2D eigenvalue weighted by molar-refractivity contribution is -0.136. The number of amides is 3. The molecule has 0 radical (unpaired) electrons. The third-order valence-corrected chi connectivity index (χ3v) is 4.69. The molecule has 0 unspecified atom stereocenters. The molecule has 0 fully saturated rings. The van der Waals surface area contributed by atoms with Crippen molar-refractivity contribution in [1.82, 2.24) is 5.43 Å². The zero-order chi connectivity index (χ0) is 25.2. The van der Waals surface area contributed by atoms with Crippen molar-refractivity contribution >= 4 is 46.9 Å². The zero-order valence-corrected chi connectivity index (χ0v) is 19.1. The van der Waals surface area contributed by atoms with Gasteiger partial charge in [0.15, 0.2) is 6.61 Å². The monoisotopic (exact) mass is 498 g/mol. The van der Waals surface area contributed by atoms with Crippen LogP contribution in [0.4, 0.5) is 15.8 Å². The van der Waals surface area contributed by atoms with Gasteiger partial charge in [-0.1, -0.05) is 23.7 Å². The Morgan fingerprint density at radius 1 is 0.971 bits per heavy atom. The smallest absolute Gasteiger partial charge is 0.329 e. The van der Waals surface area contributed by atoms with E-state index in [0.29, 0.717) is 28.4 Å². The summed E-state index contributed by atoms with van der Waals surface area (Å²) in [4.78, 5) is 36.2. The van der Waals surface area contributed by atoms with E-state index in [4.69, 9.17) is 21.1 Å². The minimum Gasteiger partial charge on any atom is -0.497 e. The molecule has 0 heterocycles. The van der Waals surface area contributed by atoms with Crippen molar-refractivity contribution < 1.29 is 28.2 Å². The molecular formula is C24H20ClFN4O5. The van der Waals surface area contributed by atoms with Crippen molar-refractivity contribution in [3.63, 3.8) is 0 Å². The van der Waals surface area contributed by atoms with E-state index in [1.165, 1.54) is 25.5 Å². The average Bonchev–Trinajstić information content (AvgIpc) is 2.86. The number of para-hydroxylation sites is 1. The number of methoxy groups -OCH3 is 1. The van der Waals surface area contributed by atoms with E-state index in [-0.39, 0.29) is 11.6 Å². The number of rotatable bonds is 8. The predicted octanol–water partition coefficient (Wildman–Crippen LogP) is 3.59. The summed E-state index contributed by atoms with van der Waals surface area (Å²) in [5.74, 6) is -2.07. The first kappa shape index (κ1) is 25.2. The summed E-state index contributed by atoms with van der Waals surface area (Å²) < 4.78 is 23.8. The molecule has 0 aliphatic rings. The van der Waals surface area contributed by atoms with Crippen LogP contribution in [0.1, 0.15) is 5.56 Å². The Balaban J connectivity index is 1.52. The fourth-order valence-electron chi connectivity index (χ4n) is 2.71. The molecule has 0 atom stereocenters. The molecule has 0 spiro atoms. The molecular weight excluding hydrogens is 479 g/mol. The van der Waals surface area contributed by atoms with Crippen LogP contribution in [0.3, 0.4) is 0 Å². The number of halogens is 2. The van der Waals surface area contributed by atoms with Crippen LogP contribution < -0.4 is 25.5 Å². The highest BCUT2D eigenvalue weighted by Gasteiger charge is 2.13. The highest BCUT2D eigenvalue weighted by atomic mass is 35.5. The quantitative estimate of drug-likeness (QED) is 0.249. The van der Waals surface area contributed by atoms with E-state index in [2.05, 4.69) is 21.2 Å². The number of anilines is 2. The molecule has 0 aliphatic carbocycles. The van der Waals surface area contributed by atoms with Crippen LogP contribution in [-0.2, 0) is 14.4 Å². The molecule has 3 rings (SSSR count). The van der Waals surface area contributed by atoms with E-state index in [1.54, 1.807) is 48.5 Å². The van der Waals surface area contributed by atoms with Gasteiger partial charge in [-0.15, -0.1) is 0 Å². The lowest BCUT2D eigenvalue weighted by Gasteiger charge is -2.10. The van der Waals surface area contributed by atoms with E-state index >= 15 is 0 Å². The molecule has 0 aromatic heterocycles. The van der Waals surface area contributed by atoms with Gasteiger partial charge in [-0.05, 0) is 54.6 Å². The summed E-state index contributed by atoms with van der Waals surface area (Å²) in [6.07, 6.45) is 1.27. The van der Waals surface area contributed by atoms with Gasteiger partial charge in [0.2, 0.25) is 0 Å². The number of hydrazone groups is 1. The molecule has 3 aromatic rings. The number of hydrogen-bond acceptors (Lipinski definition) is 6. The van der Waals surface area contributed by atoms with Crippen molar-refractivity contribution in [1.29, 1.82) is 0 Å². The maximum atomic E-state index is 13.2. The van der Waals surface area contributed by atoms with E-state index in [1.807, 2.05) is 0 Å². The SMILES string of the molecule is COc1ccc(NC(=O)C(=O)N/N=C\c2ccccc2OCC(=O)Nc2ccc(F)c(Cl)c2)cc1. The summed E-state index contributed by atoms with van der Waals surface area (Å²) >= 11 is 5.70. The van der Waals surface area contributed by atoms with Crippen molar-refractivity contribution in [3.05, 3.63) is 83.1 Å². The second-order valence-electron chi connectivity index (χ2n) is 6.89. The molecule has 3 aromatic carbocycles. The summed E-state index contributed by atoms with van der Waals surface area (Å²) in [5, 5.41) is 8.62. The van der Waals surface area contributed by atoms with Crippen molar-refractivity contribution in [2.24, 2.45) is 5.10 Å². The Morgan fingerprint density at radius 2 is 1.69 bits per heavy atom. The Labute approximate surface area is 204 Å². The van der Waals surface area contributed by atoms with Gasteiger partial charge in [-0.25, -0.2) is 9.82 Å². The maximum absolute atomic E-state index is 13.2. The summed E-state index contributed by atoms with van der Waals surface area (Å²) in [7, 11) is 1.52. The number of nitrogens with zero attached hydrogens (tertiary/aromatic N) is 1. The van der Waals surface area contributed by atoms with Gasteiger partial charge < -0.3 is 20.1 Å². The highest BCUT2D eigenvalue weighted by molar-refractivity contribution is 6.39. The Morgan fingerprint density at radius 3 is 2.40 bits per heavy atom. The molecule has 0 saturated heterocycles. The van der Waals surface area contributed by atoms with Crippen molar-refractivity contribution in [3.8, 4) is 11.5 Å². The van der Waals surface area contributed by atoms with E-state index in [0.717, 1.165) is 6.07 Å². The first-order chi connectivity index (χ1) is 16.9. The molecule has 3 amide bonds. The van der Waals surface area contributed by atoms with Gasteiger partial charge >= 0.3 is 11.8 Å². The van der Waals surface area contributed by atoms with Gasteiger partial charge in [0, 0.05) is 16.9 Å².